The summed E-state index contributed by atoms with van der Waals surface area (Å²) >= 11 is 0. The summed E-state index contributed by atoms with van der Waals surface area (Å²) in [4.78, 5) is 14.2. The van der Waals surface area contributed by atoms with Crippen molar-refractivity contribution >= 4 is 36.4 Å². The quantitative estimate of drug-likeness (QED) is 0.730. The highest BCUT2D eigenvalue weighted by Gasteiger charge is 2.30. The van der Waals surface area contributed by atoms with E-state index in [0.29, 0.717) is 19.4 Å². The Hall–Kier alpha value is -1.01. The van der Waals surface area contributed by atoms with Crippen molar-refractivity contribution in [3.63, 3.8) is 0 Å². The van der Waals surface area contributed by atoms with Gasteiger partial charge in [-0.25, -0.2) is 0 Å². The van der Waals surface area contributed by atoms with Gasteiger partial charge in [-0.1, -0.05) is 12.1 Å². The fraction of sp³-hybridized carbons (Fsp3) is 0.588. The summed E-state index contributed by atoms with van der Waals surface area (Å²) in [5, 5.41) is 12.7. The molecule has 4 N–H and O–H groups in total. The molecule has 2 rings (SSSR count). The molecule has 1 aromatic carbocycles. The Morgan fingerprint density at radius 3 is 2.42 bits per heavy atom. The molecule has 0 bridgehead atoms. The number of nitrogens with two attached hydrogens (primary N) is 1. The van der Waals surface area contributed by atoms with E-state index >= 15 is 0 Å². The second-order valence-electron chi connectivity index (χ2n) is 6.34. The van der Waals surface area contributed by atoms with Crippen LogP contribution in [0.4, 0.5) is 5.69 Å². The Labute approximate surface area is 156 Å². The van der Waals surface area contributed by atoms with Crippen LogP contribution in [0.3, 0.4) is 0 Å². The third-order valence-electron chi connectivity index (χ3n) is 4.41. The molecule has 1 saturated carbocycles. The summed E-state index contributed by atoms with van der Waals surface area (Å²) in [7, 11) is 4.03. The van der Waals surface area contributed by atoms with Crippen molar-refractivity contribution in [1.82, 2.24) is 5.32 Å². The maximum atomic E-state index is 12.1. The lowest BCUT2D eigenvalue weighted by molar-refractivity contribution is -0.127. The maximum Gasteiger partial charge on any atom is 0.223 e. The van der Waals surface area contributed by atoms with Crippen molar-refractivity contribution in [2.24, 2.45) is 11.7 Å². The number of amides is 1. The van der Waals surface area contributed by atoms with Gasteiger partial charge in [0.15, 0.2) is 0 Å². The van der Waals surface area contributed by atoms with Crippen molar-refractivity contribution in [2.75, 3.05) is 25.5 Å². The van der Waals surface area contributed by atoms with Gasteiger partial charge in [0.25, 0.3) is 0 Å². The van der Waals surface area contributed by atoms with Crippen molar-refractivity contribution < 1.29 is 9.90 Å². The lowest BCUT2D eigenvalue weighted by Crippen LogP contribution is -2.44. The Balaban J connectivity index is 0.00000264. The Morgan fingerprint density at radius 1 is 1.25 bits per heavy atom. The minimum atomic E-state index is -0.553. The van der Waals surface area contributed by atoms with Gasteiger partial charge in [-0.15, -0.1) is 24.8 Å². The molecule has 1 fully saturated rings. The average Bonchev–Trinajstić information content (AvgIpc) is 2.50. The molecule has 0 unspecified atom stereocenters. The summed E-state index contributed by atoms with van der Waals surface area (Å²) in [5.41, 5.74) is 8.14. The number of aliphatic hydroxyl groups is 1. The zero-order chi connectivity index (χ0) is 16.1. The molecule has 3 atom stereocenters. The molecule has 1 amide bonds. The van der Waals surface area contributed by atoms with Gasteiger partial charge >= 0.3 is 0 Å². The number of carbonyl (C=O) groups is 1. The SMILES string of the molecule is CN(C)c1ccc(CCNC(=O)[C@H]2CC[C@@H](N)[C@H](O)C2)cc1.Cl.Cl. The number of nitrogens with zero attached hydrogens (tertiary/aromatic N) is 1. The van der Waals surface area contributed by atoms with Crippen molar-refractivity contribution in [1.29, 1.82) is 0 Å². The van der Waals surface area contributed by atoms with Crippen molar-refractivity contribution in [3.05, 3.63) is 29.8 Å². The summed E-state index contributed by atoms with van der Waals surface area (Å²) < 4.78 is 0. The third-order valence-corrected chi connectivity index (χ3v) is 4.41. The van der Waals surface area contributed by atoms with E-state index in [9.17, 15) is 9.90 Å². The van der Waals surface area contributed by atoms with E-state index < -0.39 is 6.10 Å². The van der Waals surface area contributed by atoms with E-state index in [-0.39, 0.29) is 42.7 Å². The first-order valence-corrected chi connectivity index (χ1v) is 7.95. The molecule has 1 aliphatic rings. The second kappa shape index (κ2) is 10.8. The van der Waals surface area contributed by atoms with Gasteiger partial charge in [0.2, 0.25) is 5.91 Å². The van der Waals surface area contributed by atoms with Crippen LogP contribution in [0.25, 0.3) is 0 Å². The zero-order valence-corrected chi connectivity index (χ0v) is 15.9. The predicted molar refractivity (Wildman–Crippen MR) is 103 cm³/mol. The number of carbonyl (C=O) groups excluding carboxylic acids is 1. The summed E-state index contributed by atoms with van der Waals surface area (Å²) in [6.07, 6.45) is 2.22. The van der Waals surface area contributed by atoms with Crippen molar-refractivity contribution in [2.45, 2.75) is 37.8 Å². The van der Waals surface area contributed by atoms with Crippen LogP contribution in [0.2, 0.25) is 0 Å². The van der Waals surface area contributed by atoms with Crippen LogP contribution >= 0.6 is 24.8 Å². The van der Waals surface area contributed by atoms with Crippen LogP contribution in [0.5, 0.6) is 0 Å². The van der Waals surface area contributed by atoms with Gasteiger partial charge in [-0.05, 0) is 43.4 Å². The maximum absolute atomic E-state index is 12.1. The number of hydrogen-bond donors (Lipinski definition) is 3. The number of hydrogen-bond acceptors (Lipinski definition) is 4. The fourth-order valence-corrected chi connectivity index (χ4v) is 2.84. The summed E-state index contributed by atoms with van der Waals surface area (Å²) in [6.45, 7) is 0.624. The van der Waals surface area contributed by atoms with Gasteiger partial charge < -0.3 is 21.1 Å². The van der Waals surface area contributed by atoms with E-state index in [0.717, 1.165) is 12.8 Å². The normalized spacial score (nSPS) is 22.8. The third kappa shape index (κ3) is 6.48. The largest absolute Gasteiger partial charge is 0.391 e. The standard InChI is InChI=1S/C17H27N3O2.2ClH/c1-20(2)14-6-3-12(4-7-14)9-10-19-17(22)13-5-8-15(18)16(21)11-13;;/h3-4,6-7,13,15-16,21H,5,8-11,18H2,1-2H3,(H,19,22);2*1H/t13-,15+,16+;;/m0../s1. The van der Waals surface area contributed by atoms with Crippen LogP contribution in [0.1, 0.15) is 24.8 Å². The monoisotopic (exact) mass is 377 g/mol. The first-order chi connectivity index (χ1) is 10.5. The minimum absolute atomic E-state index is 0. The van der Waals surface area contributed by atoms with Gasteiger partial charge in [-0.2, -0.15) is 0 Å². The molecule has 24 heavy (non-hydrogen) atoms. The van der Waals surface area contributed by atoms with Gasteiger partial charge in [0, 0.05) is 38.3 Å². The molecule has 0 saturated heterocycles. The molecule has 138 valence electrons. The minimum Gasteiger partial charge on any atom is -0.391 e. The van der Waals surface area contributed by atoms with Gasteiger partial charge in [0.05, 0.1) is 6.10 Å². The number of anilines is 1. The van der Waals surface area contributed by atoms with E-state index in [4.69, 9.17) is 5.73 Å². The first kappa shape index (κ1) is 23.0. The summed E-state index contributed by atoms with van der Waals surface area (Å²) in [6, 6.07) is 8.15. The van der Waals surface area contributed by atoms with Crippen LogP contribution in [0.15, 0.2) is 24.3 Å². The number of benzene rings is 1. The van der Waals surface area contributed by atoms with Gasteiger partial charge in [0.1, 0.15) is 0 Å². The first-order valence-electron chi connectivity index (χ1n) is 7.95. The Bertz CT molecular complexity index is 497. The highest BCUT2D eigenvalue weighted by atomic mass is 35.5. The number of aliphatic hydroxyl groups excluding tert-OH is 1. The topological polar surface area (TPSA) is 78.6 Å². The highest BCUT2D eigenvalue weighted by molar-refractivity contribution is 5.85. The molecule has 1 aromatic rings. The molecule has 0 radical (unpaired) electrons. The second-order valence-corrected chi connectivity index (χ2v) is 6.34. The van der Waals surface area contributed by atoms with Crippen LogP contribution in [-0.4, -0.2) is 43.8 Å². The molecular weight excluding hydrogens is 349 g/mol. The summed E-state index contributed by atoms with van der Waals surface area (Å²) in [5.74, 6) is -0.0678. The smallest absolute Gasteiger partial charge is 0.223 e. The van der Waals surface area contributed by atoms with Gasteiger partial charge in [-0.3, -0.25) is 4.79 Å². The van der Waals surface area contributed by atoms with E-state index in [1.165, 1.54) is 11.3 Å². The van der Waals surface area contributed by atoms with Crippen LogP contribution in [-0.2, 0) is 11.2 Å². The molecular formula is C17H29Cl2N3O2. The predicted octanol–water partition coefficient (Wildman–Crippen LogP) is 1.74. The Morgan fingerprint density at radius 2 is 1.88 bits per heavy atom. The number of nitrogens with one attached hydrogen (secondary N) is 1. The number of rotatable bonds is 5. The van der Waals surface area contributed by atoms with E-state index in [2.05, 4.69) is 34.5 Å². The lowest BCUT2D eigenvalue weighted by atomic mass is 9.84. The van der Waals surface area contributed by atoms with E-state index in [1.807, 2.05) is 14.1 Å². The molecule has 5 nitrogen and oxygen atoms in total. The molecule has 0 aliphatic heterocycles. The van der Waals surface area contributed by atoms with Crippen molar-refractivity contribution in [3.8, 4) is 0 Å². The van der Waals surface area contributed by atoms with Crippen LogP contribution < -0.4 is 16.0 Å². The lowest BCUT2D eigenvalue weighted by Gasteiger charge is -2.29. The molecule has 0 heterocycles. The van der Waals surface area contributed by atoms with E-state index in [1.54, 1.807) is 0 Å². The fourth-order valence-electron chi connectivity index (χ4n) is 2.84. The zero-order valence-electron chi connectivity index (χ0n) is 14.3. The highest BCUT2D eigenvalue weighted by Crippen LogP contribution is 2.23. The number of halogens is 2. The molecule has 7 heteroatoms. The Kier molecular flexibility index (Phi) is 10.3. The average molecular weight is 378 g/mol. The molecule has 0 spiro atoms. The van der Waals surface area contributed by atoms with Crippen LogP contribution in [0, 0.1) is 5.92 Å². The molecule has 1 aliphatic carbocycles. The molecule has 0 aromatic heterocycles.